The van der Waals surface area contributed by atoms with Gasteiger partial charge in [-0.3, -0.25) is 0 Å². The average Bonchev–Trinajstić information content (AvgIpc) is 2.25. The molecule has 1 amide bonds. The number of carboxylic acid groups (broad SMARTS) is 1. The van der Waals surface area contributed by atoms with Crippen molar-refractivity contribution < 1.29 is 9.90 Å². The molecule has 1 atom stereocenters. The van der Waals surface area contributed by atoms with Crippen LogP contribution < -0.4 is 5.32 Å². The van der Waals surface area contributed by atoms with E-state index < -0.39 is 6.09 Å². The molecule has 15 heavy (non-hydrogen) atoms. The van der Waals surface area contributed by atoms with Crippen LogP contribution in [0.4, 0.5) is 4.79 Å². The SMILES string of the molecule is C=CC(C=Cc1ccccc1)NC(=O)O. The minimum Gasteiger partial charge on any atom is -0.465 e. The van der Waals surface area contributed by atoms with Crippen molar-refractivity contribution >= 4 is 12.2 Å². The van der Waals surface area contributed by atoms with Gasteiger partial charge in [0.2, 0.25) is 0 Å². The second kappa shape index (κ2) is 5.65. The summed E-state index contributed by atoms with van der Waals surface area (Å²) in [7, 11) is 0. The van der Waals surface area contributed by atoms with Crippen molar-refractivity contribution in [1.29, 1.82) is 0 Å². The van der Waals surface area contributed by atoms with Gasteiger partial charge in [0.05, 0.1) is 6.04 Å². The van der Waals surface area contributed by atoms with Gasteiger partial charge in [0.15, 0.2) is 0 Å². The van der Waals surface area contributed by atoms with Crippen molar-refractivity contribution in [2.24, 2.45) is 0 Å². The molecule has 0 bridgehead atoms. The van der Waals surface area contributed by atoms with Gasteiger partial charge < -0.3 is 10.4 Å². The maximum absolute atomic E-state index is 10.4. The van der Waals surface area contributed by atoms with Crippen LogP contribution in [0.1, 0.15) is 5.56 Å². The lowest BCUT2D eigenvalue weighted by molar-refractivity contribution is 0.193. The smallest absolute Gasteiger partial charge is 0.405 e. The van der Waals surface area contributed by atoms with E-state index in [4.69, 9.17) is 5.11 Å². The summed E-state index contributed by atoms with van der Waals surface area (Å²) in [5, 5.41) is 10.8. The molecule has 1 unspecified atom stereocenters. The number of hydrogen-bond acceptors (Lipinski definition) is 1. The highest BCUT2D eigenvalue weighted by molar-refractivity contribution is 5.66. The second-order valence-electron chi connectivity index (χ2n) is 2.98. The van der Waals surface area contributed by atoms with Crippen molar-refractivity contribution in [3.8, 4) is 0 Å². The topological polar surface area (TPSA) is 49.3 Å². The molecule has 0 heterocycles. The van der Waals surface area contributed by atoms with E-state index in [9.17, 15) is 4.79 Å². The molecule has 1 aromatic carbocycles. The molecular weight excluding hydrogens is 190 g/mol. The summed E-state index contributed by atoms with van der Waals surface area (Å²) in [6, 6.07) is 9.30. The maximum atomic E-state index is 10.4. The molecular formula is C12H13NO2. The summed E-state index contributed by atoms with van der Waals surface area (Å²) in [5.74, 6) is 0. The quantitative estimate of drug-likeness (QED) is 0.739. The largest absolute Gasteiger partial charge is 0.465 e. The van der Waals surface area contributed by atoms with Crippen molar-refractivity contribution in [3.63, 3.8) is 0 Å². The maximum Gasteiger partial charge on any atom is 0.405 e. The van der Waals surface area contributed by atoms with Gasteiger partial charge in [-0.2, -0.15) is 0 Å². The molecule has 1 aromatic rings. The highest BCUT2D eigenvalue weighted by Gasteiger charge is 2.01. The summed E-state index contributed by atoms with van der Waals surface area (Å²) in [4.78, 5) is 10.4. The predicted molar refractivity (Wildman–Crippen MR) is 60.6 cm³/mol. The molecule has 0 radical (unpaired) electrons. The molecule has 2 N–H and O–H groups in total. The Balaban J connectivity index is 2.62. The molecule has 0 saturated carbocycles. The van der Waals surface area contributed by atoms with E-state index in [1.165, 1.54) is 6.08 Å². The number of benzene rings is 1. The van der Waals surface area contributed by atoms with Crippen LogP contribution in [0.25, 0.3) is 6.08 Å². The zero-order valence-electron chi connectivity index (χ0n) is 8.26. The molecule has 1 rings (SSSR count). The average molecular weight is 203 g/mol. The lowest BCUT2D eigenvalue weighted by Crippen LogP contribution is -2.29. The third kappa shape index (κ3) is 4.13. The summed E-state index contributed by atoms with van der Waals surface area (Å²) in [5.41, 5.74) is 1.02. The molecule has 0 spiro atoms. The van der Waals surface area contributed by atoms with E-state index in [0.29, 0.717) is 0 Å². The number of carbonyl (C=O) groups is 1. The minimum absolute atomic E-state index is 0.359. The lowest BCUT2D eigenvalue weighted by atomic mass is 10.2. The van der Waals surface area contributed by atoms with E-state index >= 15 is 0 Å². The van der Waals surface area contributed by atoms with Crippen LogP contribution in [0.2, 0.25) is 0 Å². The van der Waals surface area contributed by atoms with Gasteiger partial charge >= 0.3 is 6.09 Å². The Morgan fingerprint density at radius 3 is 2.60 bits per heavy atom. The Bertz CT molecular complexity index is 357. The third-order valence-corrected chi connectivity index (χ3v) is 1.84. The molecule has 0 fully saturated rings. The predicted octanol–water partition coefficient (Wildman–Crippen LogP) is 2.52. The fraction of sp³-hybridized carbons (Fsp3) is 0.0833. The van der Waals surface area contributed by atoms with Crippen LogP contribution in [0.15, 0.2) is 49.1 Å². The first-order valence-corrected chi connectivity index (χ1v) is 4.57. The van der Waals surface area contributed by atoms with Crippen LogP contribution in [0, 0.1) is 0 Å². The molecule has 0 aromatic heterocycles. The van der Waals surface area contributed by atoms with E-state index in [1.54, 1.807) is 6.08 Å². The summed E-state index contributed by atoms with van der Waals surface area (Å²) < 4.78 is 0. The lowest BCUT2D eigenvalue weighted by Gasteiger charge is -2.06. The molecule has 3 nitrogen and oxygen atoms in total. The van der Waals surface area contributed by atoms with Crippen LogP contribution >= 0.6 is 0 Å². The number of nitrogens with one attached hydrogen (secondary N) is 1. The second-order valence-corrected chi connectivity index (χ2v) is 2.98. The summed E-state index contributed by atoms with van der Waals surface area (Å²) >= 11 is 0. The Morgan fingerprint density at radius 2 is 2.07 bits per heavy atom. The Kier molecular flexibility index (Phi) is 4.16. The fourth-order valence-electron chi connectivity index (χ4n) is 1.11. The van der Waals surface area contributed by atoms with Gasteiger partial charge in [-0.15, -0.1) is 6.58 Å². The Hall–Kier alpha value is -2.03. The minimum atomic E-state index is -1.06. The van der Waals surface area contributed by atoms with Gasteiger partial charge in [-0.05, 0) is 5.56 Å². The van der Waals surface area contributed by atoms with Crippen molar-refractivity contribution in [2.75, 3.05) is 0 Å². The number of rotatable bonds is 4. The highest BCUT2D eigenvalue weighted by Crippen LogP contribution is 2.02. The Morgan fingerprint density at radius 1 is 1.40 bits per heavy atom. The first-order valence-electron chi connectivity index (χ1n) is 4.57. The third-order valence-electron chi connectivity index (χ3n) is 1.84. The van der Waals surface area contributed by atoms with E-state index in [2.05, 4.69) is 11.9 Å². The highest BCUT2D eigenvalue weighted by atomic mass is 16.4. The van der Waals surface area contributed by atoms with Crippen molar-refractivity contribution in [2.45, 2.75) is 6.04 Å². The summed E-state index contributed by atoms with van der Waals surface area (Å²) in [6.07, 6.45) is 4.07. The van der Waals surface area contributed by atoms with Crippen LogP contribution in [-0.2, 0) is 0 Å². The van der Waals surface area contributed by atoms with Crippen LogP contribution in [0.3, 0.4) is 0 Å². The number of amides is 1. The molecule has 0 saturated heterocycles. The van der Waals surface area contributed by atoms with Gasteiger partial charge in [-0.25, -0.2) is 4.79 Å². The van der Waals surface area contributed by atoms with Crippen LogP contribution in [0.5, 0.6) is 0 Å². The summed E-state index contributed by atoms with van der Waals surface area (Å²) in [6.45, 7) is 3.55. The molecule has 0 aliphatic heterocycles. The zero-order valence-corrected chi connectivity index (χ0v) is 8.26. The Labute approximate surface area is 88.7 Å². The normalized spacial score (nSPS) is 12.3. The van der Waals surface area contributed by atoms with Crippen molar-refractivity contribution in [3.05, 3.63) is 54.6 Å². The van der Waals surface area contributed by atoms with E-state index in [-0.39, 0.29) is 6.04 Å². The van der Waals surface area contributed by atoms with E-state index in [0.717, 1.165) is 5.56 Å². The van der Waals surface area contributed by atoms with Crippen molar-refractivity contribution in [1.82, 2.24) is 5.32 Å². The molecule has 0 aliphatic rings. The fourth-order valence-corrected chi connectivity index (χ4v) is 1.11. The first-order chi connectivity index (χ1) is 7.22. The molecule has 3 heteroatoms. The standard InChI is InChI=1S/C12H13NO2/c1-2-11(13-12(14)15)9-8-10-6-4-3-5-7-10/h2-9,11,13H,1H2,(H,14,15). The monoisotopic (exact) mass is 203 g/mol. The van der Waals surface area contributed by atoms with Gasteiger partial charge in [0.25, 0.3) is 0 Å². The van der Waals surface area contributed by atoms with Gasteiger partial charge in [0, 0.05) is 0 Å². The van der Waals surface area contributed by atoms with E-state index in [1.807, 2.05) is 36.4 Å². The van der Waals surface area contributed by atoms with Gasteiger partial charge in [-0.1, -0.05) is 48.6 Å². The van der Waals surface area contributed by atoms with Gasteiger partial charge in [0.1, 0.15) is 0 Å². The number of hydrogen-bond donors (Lipinski definition) is 2. The van der Waals surface area contributed by atoms with Crippen LogP contribution in [-0.4, -0.2) is 17.2 Å². The molecule has 78 valence electrons. The zero-order chi connectivity index (χ0) is 11.1. The molecule has 0 aliphatic carbocycles. The first kappa shape index (κ1) is 11.0.